The molecular formula is C22H21N3O3. The number of anilines is 2. The largest absolute Gasteiger partial charge is 0.478 e. The van der Waals surface area contributed by atoms with E-state index in [1.807, 2.05) is 44.1 Å². The predicted octanol–water partition coefficient (Wildman–Crippen LogP) is 4.07. The fourth-order valence-electron chi connectivity index (χ4n) is 2.81. The van der Waals surface area contributed by atoms with Crippen LogP contribution in [0.2, 0.25) is 0 Å². The number of hydrogen-bond donors (Lipinski definition) is 2. The van der Waals surface area contributed by atoms with Crippen molar-refractivity contribution >= 4 is 23.4 Å². The quantitative estimate of drug-likeness (QED) is 0.702. The first-order valence-corrected chi connectivity index (χ1v) is 8.74. The summed E-state index contributed by atoms with van der Waals surface area (Å²) in [6.45, 7) is 1.97. The van der Waals surface area contributed by atoms with Crippen molar-refractivity contribution in [3.8, 4) is 11.1 Å². The first kappa shape index (κ1) is 19.1. The Morgan fingerprint density at radius 3 is 2.32 bits per heavy atom. The van der Waals surface area contributed by atoms with Crippen molar-refractivity contribution in [3.63, 3.8) is 0 Å². The van der Waals surface area contributed by atoms with E-state index < -0.39 is 5.97 Å². The molecule has 0 aliphatic heterocycles. The Morgan fingerprint density at radius 1 is 0.964 bits per heavy atom. The van der Waals surface area contributed by atoms with Crippen molar-refractivity contribution in [1.29, 1.82) is 0 Å². The standard InChI is InChI=1S/C22H21N3O3/c1-14-4-9-18(13-19(14)15-5-7-16(8-6-15)22(27)28)24-21(26)17-10-11-23-20(12-17)25(2)3/h4-13H,1-3H3,(H,24,26)(H,27,28). The highest BCUT2D eigenvalue weighted by Crippen LogP contribution is 2.27. The number of pyridine rings is 1. The summed E-state index contributed by atoms with van der Waals surface area (Å²) in [7, 11) is 3.73. The number of benzene rings is 2. The Labute approximate surface area is 163 Å². The monoisotopic (exact) mass is 375 g/mol. The molecule has 0 aliphatic carbocycles. The summed E-state index contributed by atoms with van der Waals surface area (Å²) in [6.07, 6.45) is 1.61. The maximum absolute atomic E-state index is 12.6. The van der Waals surface area contributed by atoms with Gasteiger partial charge in [0.15, 0.2) is 0 Å². The molecule has 0 saturated heterocycles. The van der Waals surface area contributed by atoms with Gasteiger partial charge >= 0.3 is 5.97 Å². The molecule has 6 nitrogen and oxygen atoms in total. The van der Waals surface area contributed by atoms with Crippen LogP contribution in [0.3, 0.4) is 0 Å². The Morgan fingerprint density at radius 2 is 1.68 bits per heavy atom. The van der Waals surface area contributed by atoms with Crippen molar-refractivity contribution < 1.29 is 14.7 Å². The first-order valence-electron chi connectivity index (χ1n) is 8.74. The fourth-order valence-corrected chi connectivity index (χ4v) is 2.81. The molecule has 1 amide bonds. The van der Waals surface area contributed by atoms with Crippen LogP contribution in [-0.2, 0) is 0 Å². The predicted molar refractivity (Wildman–Crippen MR) is 110 cm³/mol. The third-order valence-corrected chi connectivity index (χ3v) is 4.40. The van der Waals surface area contributed by atoms with Gasteiger partial charge in [0, 0.05) is 31.5 Å². The number of hydrogen-bond acceptors (Lipinski definition) is 4. The number of carboxylic acid groups (broad SMARTS) is 1. The molecule has 0 radical (unpaired) electrons. The van der Waals surface area contributed by atoms with Crippen molar-refractivity contribution in [1.82, 2.24) is 4.98 Å². The Balaban J connectivity index is 1.86. The molecule has 1 aromatic heterocycles. The molecule has 2 N–H and O–H groups in total. The number of rotatable bonds is 5. The van der Waals surface area contributed by atoms with Gasteiger partial charge in [0.1, 0.15) is 5.82 Å². The number of carbonyl (C=O) groups is 2. The van der Waals surface area contributed by atoms with Crippen LogP contribution in [0.15, 0.2) is 60.8 Å². The Bertz CT molecular complexity index is 1030. The van der Waals surface area contributed by atoms with Gasteiger partial charge in [-0.3, -0.25) is 4.79 Å². The molecule has 1 heterocycles. The number of nitrogens with one attached hydrogen (secondary N) is 1. The Hall–Kier alpha value is -3.67. The number of aromatic nitrogens is 1. The zero-order valence-corrected chi connectivity index (χ0v) is 15.9. The number of amides is 1. The maximum Gasteiger partial charge on any atom is 0.335 e. The highest BCUT2D eigenvalue weighted by atomic mass is 16.4. The van der Waals surface area contributed by atoms with Crippen LogP contribution in [0, 0.1) is 6.92 Å². The molecule has 0 aliphatic rings. The van der Waals surface area contributed by atoms with E-state index in [9.17, 15) is 9.59 Å². The highest BCUT2D eigenvalue weighted by Gasteiger charge is 2.11. The molecule has 6 heteroatoms. The van der Waals surface area contributed by atoms with Gasteiger partial charge in [0.2, 0.25) is 0 Å². The van der Waals surface area contributed by atoms with Crippen LogP contribution in [0.25, 0.3) is 11.1 Å². The molecule has 142 valence electrons. The van der Waals surface area contributed by atoms with E-state index in [-0.39, 0.29) is 11.5 Å². The summed E-state index contributed by atoms with van der Waals surface area (Å²) >= 11 is 0. The zero-order valence-electron chi connectivity index (χ0n) is 15.9. The van der Waals surface area contributed by atoms with Gasteiger partial charge in [0.25, 0.3) is 5.91 Å². The van der Waals surface area contributed by atoms with Crippen LogP contribution in [0.5, 0.6) is 0 Å². The molecule has 0 fully saturated rings. The van der Waals surface area contributed by atoms with E-state index in [4.69, 9.17) is 5.11 Å². The van der Waals surface area contributed by atoms with Crippen LogP contribution in [0.1, 0.15) is 26.3 Å². The fraction of sp³-hybridized carbons (Fsp3) is 0.136. The lowest BCUT2D eigenvalue weighted by atomic mass is 9.98. The SMILES string of the molecule is Cc1ccc(NC(=O)c2ccnc(N(C)C)c2)cc1-c1ccc(C(=O)O)cc1. The highest BCUT2D eigenvalue weighted by molar-refractivity contribution is 6.05. The van der Waals surface area contributed by atoms with Crippen LogP contribution >= 0.6 is 0 Å². The van der Waals surface area contributed by atoms with Crippen LogP contribution in [-0.4, -0.2) is 36.1 Å². The molecule has 0 spiro atoms. The minimum absolute atomic E-state index is 0.221. The normalized spacial score (nSPS) is 10.4. The lowest BCUT2D eigenvalue weighted by Crippen LogP contribution is -2.15. The third kappa shape index (κ3) is 4.17. The van der Waals surface area contributed by atoms with Gasteiger partial charge in [-0.2, -0.15) is 0 Å². The summed E-state index contributed by atoms with van der Waals surface area (Å²) in [5, 5.41) is 12.0. The summed E-state index contributed by atoms with van der Waals surface area (Å²) in [5.41, 5.74) is 4.26. The van der Waals surface area contributed by atoms with Crippen molar-refractivity contribution in [3.05, 3.63) is 77.5 Å². The molecule has 2 aromatic carbocycles. The second-order valence-electron chi connectivity index (χ2n) is 6.66. The van der Waals surface area contributed by atoms with E-state index in [0.717, 1.165) is 16.7 Å². The topological polar surface area (TPSA) is 82.5 Å². The van der Waals surface area contributed by atoms with E-state index in [1.165, 1.54) is 0 Å². The zero-order chi connectivity index (χ0) is 20.3. The molecule has 28 heavy (non-hydrogen) atoms. The first-order chi connectivity index (χ1) is 13.3. The Kier molecular flexibility index (Phi) is 5.40. The van der Waals surface area contributed by atoms with Crippen LogP contribution in [0.4, 0.5) is 11.5 Å². The number of carboxylic acids is 1. The number of carbonyl (C=O) groups excluding carboxylic acids is 1. The number of aryl methyl sites for hydroxylation is 1. The van der Waals surface area contributed by atoms with Gasteiger partial charge in [-0.05, 0) is 60.0 Å². The van der Waals surface area contributed by atoms with E-state index in [2.05, 4.69) is 10.3 Å². The van der Waals surface area contributed by atoms with E-state index in [1.54, 1.807) is 42.6 Å². The van der Waals surface area contributed by atoms with Gasteiger partial charge in [0.05, 0.1) is 5.56 Å². The minimum Gasteiger partial charge on any atom is -0.478 e. The molecule has 0 bridgehead atoms. The molecular weight excluding hydrogens is 354 g/mol. The molecule has 0 atom stereocenters. The summed E-state index contributed by atoms with van der Waals surface area (Å²) in [4.78, 5) is 29.7. The minimum atomic E-state index is -0.960. The van der Waals surface area contributed by atoms with E-state index >= 15 is 0 Å². The maximum atomic E-state index is 12.6. The molecule has 0 unspecified atom stereocenters. The van der Waals surface area contributed by atoms with Gasteiger partial charge in [-0.1, -0.05) is 18.2 Å². The summed E-state index contributed by atoms with van der Waals surface area (Å²) in [6, 6.07) is 15.7. The van der Waals surface area contributed by atoms with Crippen molar-refractivity contribution in [2.45, 2.75) is 6.92 Å². The lowest BCUT2D eigenvalue weighted by Gasteiger charge is -2.13. The summed E-state index contributed by atoms with van der Waals surface area (Å²) in [5.74, 6) is -0.476. The molecule has 3 aromatic rings. The smallest absolute Gasteiger partial charge is 0.335 e. The van der Waals surface area contributed by atoms with Gasteiger partial charge < -0.3 is 15.3 Å². The average molecular weight is 375 g/mol. The van der Waals surface area contributed by atoms with Crippen molar-refractivity contribution in [2.24, 2.45) is 0 Å². The number of nitrogens with zero attached hydrogens (tertiary/aromatic N) is 2. The number of aromatic carboxylic acids is 1. The van der Waals surface area contributed by atoms with Crippen molar-refractivity contribution in [2.75, 3.05) is 24.3 Å². The second-order valence-corrected chi connectivity index (χ2v) is 6.66. The van der Waals surface area contributed by atoms with Gasteiger partial charge in [-0.15, -0.1) is 0 Å². The third-order valence-electron chi connectivity index (χ3n) is 4.40. The van der Waals surface area contributed by atoms with Gasteiger partial charge in [-0.25, -0.2) is 9.78 Å². The molecule has 3 rings (SSSR count). The van der Waals surface area contributed by atoms with E-state index in [0.29, 0.717) is 17.1 Å². The van der Waals surface area contributed by atoms with Crippen LogP contribution < -0.4 is 10.2 Å². The lowest BCUT2D eigenvalue weighted by molar-refractivity contribution is 0.0696. The molecule has 0 saturated carbocycles. The summed E-state index contributed by atoms with van der Waals surface area (Å²) < 4.78 is 0. The average Bonchev–Trinajstić information content (AvgIpc) is 2.69. The second kappa shape index (κ2) is 7.92.